The smallest absolute Gasteiger partial charge is 0.251 e. The normalized spacial score (nSPS) is 10.9. The van der Waals surface area contributed by atoms with Crippen LogP contribution in [0.15, 0.2) is 59.2 Å². The van der Waals surface area contributed by atoms with Crippen LogP contribution in [0, 0.1) is 0 Å². The SMILES string of the molecule is CC(C)Oc1cc(C(=O)NCc2ccccc2)cc2occc12. The van der Waals surface area contributed by atoms with E-state index in [2.05, 4.69) is 5.32 Å². The van der Waals surface area contributed by atoms with Gasteiger partial charge in [-0.3, -0.25) is 4.79 Å². The molecule has 3 rings (SSSR count). The first kappa shape index (κ1) is 15.2. The fourth-order valence-electron chi connectivity index (χ4n) is 2.40. The van der Waals surface area contributed by atoms with Crippen molar-refractivity contribution in [1.82, 2.24) is 5.32 Å². The second kappa shape index (κ2) is 6.57. The van der Waals surface area contributed by atoms with Crippen LogP contribution in [0.4, 0.5) is 0 Å². The highest BCUT2D eigenvalue weighted by atomic mass is 16.5. The topological polar surface area (TPSA) is 51.5 Å². The number of nitrogens with one attached hydrogen (secondary N) is 1. The molecule has 3 aromatic rings. The highest BCUT2D eigenvalue weighted by Gasteiger charge is 2.14. The quantitative estimate of drug-likeness (QED) is 0.770. The van der Waals surface area contributed by atoms with E-state index in [4.69, 9.17) is 9.15 Å². The van der Waals surface area contributed by atoms with Gasteiger partial charge in [0.05, 0.1) is 17.8 Å². The molecule has 1 amide bonds. The maximum Gasteiger partial charge on any atom is 0.251 e. The summed E-state index contributed by atoms with van der Waals surface area (Å²) in [7, 11) is 0. The van der Waals surface area contributed by atoms with Crippen molar-refractivity contribution < 1.29 is 13.9 Å². The van der Waals surface area contributed by atoms with E-state index in [1.54, 1.807) is 18.4 Å². The van der Waals surface area contributed by atoms with Crippen molar-refractivity contribution in [2.75, 3.05) is 0 Å². The fourth-order valence-corrected chi connectivity index (χ4v) is 2.40. The summed E-state index contributed by atoms with van der Waals surface area (Å²) in [6, 6.07) is 15.1. The van der Waals surface area contributed by atoms with Gasteiger partial charge in [0.2, 0.25) is 0 Å². The van der Waals surface area contributed by atoms with E-state index >= 15 is 0 Å². The first-order valence-electron chi connectivity index (χ1n) is 7.63. The summed E-state index contributed by atoms with van der Waals surface area (Å²) in [5.41, 5.74) is 2.23. The Bertz CT molecular complexity index is 806. The molecule has 0 saturated carbocycles. The number of furan rings is 1. The molecular weight excluding hydrogens is 290 g/mol. The van der Waals surface area contributed by atoms with Crippen LogP contribution in [-0.4, -0.2) is 12.0 Å². The molecule has 0 saturated heterocycles. The highest BCUT2D eigenvalue weighted by Crippen LogP contribution is 2.29. The zero-order valence-corrected chi connectivity index (χ0v) is 13.2. The van der Waals surface area contributed by atoms with Crippen molar-refractivity contribution >= 4 is 16.9 Å². The lowest BCUT2D eigenvalue weighted by atomic mass is 10.1. The number of hydrogen-bond donors (Lipinski definition) is 1. The van der Waals surface area contributed by atoms with Gasteiger partial charge in [0.1, 0.15) is 11.3 Å². The minimum absolute atomic E-state index is 0.0238. The summed E-state index contributed by atoms with van der Waals surface area (Å²) in [4.78, 5) is 12.4. The molecular formula is C19H19NO3. The van der Waals surface area contributed by atoms with Gasteiger partial charge in [-0.2, -0.15) is 0 Å². The van der Waals surface area contributed by atoms with Crippen molar-refractivity contribution in [3.63, 3.8) is 0 Å². The first-order valence-corrected chi connectivity index (χ1v) is 7.63. The van der Waals surface area contributed by atoms with Gasteiger partial charge >= 0.3 is 0 Å². The van der Waals surface area contributed by atoms with Gasteiger partial charge in [-0.15, -0.1) is 0 Å². The molecule has 1 aromatic heterocycles. The van der Waals surface area contributed by atoms with Crippen LogP contribution in [0.1, 0.15) is 29.8 Å². The lowest BCUT2D eigenvalue weighted by Gasteiger charge is -2.12. The van der Waals surface area contributed by atoms with E-state index in [-0.39, 0.29) is 12.0 Å². The molecule has 2 aromatic carbocycles. The molecule has 0 radical (unpaired) electrons. The van der Waals surface area contributed by atoms with Gasteiger partial charge in [0, 0.05) is 12.1 Å². The number of hydrogen-bond acceptors (Lipinski definition) is 3. The maximum absolute atomic E-state index is 12.4. The summed E-state index contributed by atoms with van der Waals surface area (Å²) in [6.07, 6.45) is 1.62. The summed E-state index contributed by atoms with van der Waals surface area (Å²) >= 11 is 0. The predicted molar refractivity (Wildman–Crippen MR) is 89.6 cm³/mol. The van der Waals surface area contributed by atoms with Crippen LogP contribution in [0.2, 0.25) is 0 Å². The van der Waals surface area contributed by atoms with Gasteiger partial charge < -0.3 is 14.5 Å². The molecule has 4 nitrogen and oxygen atoms in total. The fraction of sp³-hybridized carbons (Fsp3) is 0.211. The molecule has 0 aliphatic heterocycles. The third kappa shape index (κ3) is 3.54. The number of carbonyl (C=O) groups excluding carboxylic acids is 1. The summed E-state index contributed by atoms with van der Waals surface area (Å²) < 4.78 is 11.2. The van der Waals surface area contributed by atoms with Crippen LogP contribution in [-0.2, 0) is 6.54 Å². The van der Waals surface area contributed by atoms with Crippen molar-refractivity contribution in [2.24, 2.45) is 0 Å². The van der Waals surface area contributed by atoms with Crippen LogP contribution < -0.4 is 10.1 Å². The highest BCUT2D eigenvalue weighted by molar-refractivity contribution is 5.99. The van der Waals surface area contributed by atoms with E-state index in [1.165, 1.54) is 0 Å². The molecule has 1 heterocycles. The zero-order valence-electron chi connectivity index (χ0n) is 13.2. The van der Waals surface area contributed by atoms with Crippen molar-refractivity contribution in [3.8, 4) is 5.75 Å². The van der Waals surface area contributed by atoms with Gasteiger partial charge in [0.25, 0.3) is 5.91 Å². The molecule has 0 aliphatic carbocycles. The van der Waals surface area contributed by atoms with E-state index in [0.29, 0.717) is 23.4 Å². The van der Waals surface area contributed by atoms with Gasteiger partial charge in [-0.25, -0.2) is 0 Å². The Morgan fingerprint density at radius 2 is 1.96 bits per heavy atom. The number of rotatable bonds is 5. The molecule has 0 fully saturated rings. The van der Waals surface area contributed by atoms with Crippen LogP contribution in [0.3, 0.4) is 0 Å². The van der Waals surface area contributed by atoms with E-state index in [1.807, 2.05) is 50.2 Å². The summed E-state index contributed by atoms with van der Waals surface area (Å²) in [6.45, 7) is 4.39. The van der Waals surface area contributed by atoms with Crippen LogP contribution in [0.25, 0.3) is 11.0 Å². The predicted octanol–water partition coefficient (Wildman–Crippen LogP) is 4.15. The molecule has 0 spiro atoms. The van der Waals surface area contributed by atoms with Crippen molar-refractivity contribution in [3.05, 3.63) is 65.9 Å². The molecule has 23 heavy (non-hydrogen) atoms. The second-order valence-corrected chi connectivity index (χ2v) is 5.64. The number of carbonyl (C=O) groups is 1. The minimum Gasteiger partial charge on any atom is -0.490 e. The Labute approximate surface area is 135 Å². The number of ether oxygens (including phenoxy) is 1. The standard InChI is InChI=1S/C19H19NO3/c1-13(2)23-18-11-15(10-17-16(18)8-9-22-17)19(21)20-12-14-6-4-3-5-7-14/h3-11,13H,12H2,1-2H3,(H,20,21). The molecule has 0 atom stereocenters. The lowest BCUT2D eigenvalue weighted by molar-refractivity contribution is 0.0950. The molecule has 0 unspecified atom stereocenters. The lowest BCUT2D eigenvalue weighted by Crippen LogP contribution is -2.22. The molecule has 1 N–H and O–H groups in total. The van der Waals surface area contributed by atoms with Crippen molar-refractivity contribution in [1.29, 1.82) is 0 Å². The van der Waals surface area contributed by atoms with Crippen molar-refractivity contribution in [2.45, 2.75) is 26.5 Å². The average Bonchev–Trinajstić information content (AvgIpc) is 3.02. The zero-order chi connectivity index (χ0) is 16.2. The molecule has 0 bridgehead atoms. The summed E-state index contributed by atoms with van der Waals surface area (Å²) in [5, 5.41) is 3.79. The van der Waals surface area contributed by atoms with Crippen LogP contribution >= 0.6 is 0 Å². The monoisotopic (exact) mass is 309 g/mol. The Balaban J connectivity index is 1.82. The van der Waals surface area contributed by atoms with Gasteiger partial charge in [0.15, 0.2) is 0 Å². The number of fused-ring (bicyclic) bond motifs is 1. The third-order valence-electron chi connectivity index (χ3n) is 3.45. The molecule has 0 aliphatic rings. The molecule has 118 valence electrons. The Kier molecular flexibility index (Phi) is 4.33. The van der Waals surface area contributed by atoms with E-state index in [0.717, 1.165) is 10.9 Å². The second-order valence-electron chi connectivity index (χ2n) is 5.64. The Hall–Kier alpha value is -2.75. The number of benzene rings is 2. The summed E-state index contributed by atoms with van der Waals surface area (Å²) in [5.74, 6) is 0.511. The van der Waals surface area contributed by atoms with Crippen LogP contribution in [0.5, 0.6) is 5.75 Å². The molecule has 4 heteroatoms. The van der Waals surface area contributed by atoms with Gasteiger partial charge in [-0.05, 0) is 37.6 Å². The minimum atomic E-state index is -0.152. The number of amides is 1. The maximum atomic E-state index is 12.4. The largest absolute Gasteiger partial charge is 0.490 e. The van der Waals surface area contributed by atoms with E-state index < -0.39 is 0 Å². The van der Waals surface area contributed by atoms with Gasteiger partial charge in [-0.1, -0.05) is 30.3 Å². The van der Waals surface area contributed by atoms with E-state index in [9.17, 15) is 4.79 Å². The third-order valence-corrected chi connectivity index (χ3v) is 3.45. The Morgan fingerprint density at radius 3 is 2.70 bits per heavy atom. The Morgan fingerprint density at radius 1 is 1.17 bits per heavy atom. The first-order chi connectivity index (χ1) is 11.1. The average molecular weight is 309 g/mol.